The zero-order valence-electron chi connectivity index (χ0n) is 15.9. The minimum Gasteiger partial charge on any atom is -0.386 e. The molecule has 2 saturated heterocycles. The third kappa shape index (κ3) is 3.19. The molecule has 1 saturated carbocycles. The van der Waals surface area contributed by atoms with Crippen molar-refractivity contribution in [3.63, 3.8) is 0 Å². The molecule has 0 amide bonds. The van der Waals surface area contributed by atoms with E-state index in [2.05, 4.69) is 27.0 Å². The van der Waals surface area contributed by atoms with Crippen LogP contribution in [0.3, 0.4) is 0 Å². The summed E-state index contributed by atoms with van der Waals surface area (Å²) in [6, 6.07) is 4.48. The first kappa shape index (κ1) is 17.3. The quantitative estimate of drug-likeness (QED) is 0.840. The summed E-state index contributed by atoms with van der Waals surface area (Å²) in [6.45, 7) is 3.72. The van der Waals surface area contributed by atoms with Crippen LogP contribution in [0.25, 0.3) is 5.65 Å². The van der Waals surface area contributed by atoms with Crippen LogP contribution in [0.1, 0.15) is 43.8 Å². The summed E-state index contributed by atoms with van der Waals surface area (Å²) in [5.41, 5.74) is 0.124. The van der Waals surface area contributed by atoms with Crippen molar-refractivity contribution in [2.24, 2.45) is 0 Å². The second-order valence-corrected chi connectivity index (χ2v) is 8.50. The van der Waals surface area contributed by atoms with Crippen LogP contribution in [0.15, 0.2) is 12.1 Å². The predicted octanol–water partition coefficient (Wildman–Crippen LogP) is 1.05. The van der Waals surface area contributed by atoms with Gasteiger partial charge in [0.05, 0.1) is 6.61 Å². The van der Waals surface area contributed by atoms with E-state index in [-0.39, 0.29) is 0 Å². The zero-order valence-corrected chi connectivity index (χ0v) is 15.9. The fraction of sp³-hybridized carbons (Fsp3) is 0.737. The highest BCUT2D eigenvalue weighted by atomic mass is 16.5. The topological polar surface area (TPSA) is 79.0 Å². The molecule has 2 aliphatic heterocycles. The minimum atomic E-state index is -0.704. The van der Waals surface area contributed by atoms with Crippen LogP contribution in [0.2, 0.25) is 0 Å². The smallest absolute Gasteiger partial charge is 0.178 e. The SMILES string of the molecule is CN(CC1(O)CCCOC1)C1CN(c2ccc3nnc(C4CCC4)n3n2)C1. The maximum absolute atomic E-state index is 10.7. The van der Waals surface area contributed by atoms with E-state index in [1.165, 1.54) is 19.3 Å². The van der Waals surface area contributed by atoms with E-state index >= 15 is 0 Å². The fourth-order valence-electron chi connectivity index (χ4n) is 4.36. The second-order valence-electron chi connectivity index (χ2n) is 8.50. The summed E-state index contributed by atoms with van der Waals surface area (Å²) >= 11 is 0. The lowest BCUT2D eigenvalue weighted by atomic mass is 9.85. The van der Waals surface area contributed by atoms with E-state index in [0.29, 0.717) is 25.1 Å². The number of ether oxygens (including phenoxy) is 1. The van der Waals surface area contributed by atoms with Gasteiger partial charge in [0, 0.05) is 38.2 Å². The van der Waals surface area contributed by atoms with Crippen LogP contribution >= 0.6 is 0 Å². The van der Waals surface area contributed by atoms with E-state index in [4.69, 9.17) is 9.84 Å². The number of aliphatic hydroxyl groups is 1. The van der Waals surface area contributed by atoms with Gasteiger partial charge in [0.15, 0.2) is 11.5 Å². The van der Waals surface area contributed by atoms with Gasteiger partial charge in [-0.25, -0.2) is 0 Å². The molecule has 146 valence electrons. The molecule has 3 aliphatic rings. The fourth-order valence-corrected chi connectivity index (χ4v) is 4.36. The van der Waals surface area contributed by atoms with Gasteiger partial charge in [0.1, 0.15) is 11.4 Å². The standard InChI is InChI=1S/C19H28N6O2/c1-23(12-19(26)8-3-9-27-13-19)15-10-24(11-15)17-7-6-16-20-21-18(25(16)22-17)14-4-2-5-14/h6-7,14-15,26H,2-5,8-13H2,1H3. The summed E-state index contributed by atoms with van der Waals surface area (Å²) in [7, 11) is 2.10. The van der Waals surface area contributed by atoms with Crippen molar-refractivity contribution in [3.8, 4) is 0 Å². The van der Waals surface area contributed by atoms with E-state index in [9.17, 15) is 5.11 Å². The molecule has 2 aromatic heterocycles. The Bertz CT molecular complexity index is 808. The number of hydrogen-bond donors (Lipinski definition) is 1. The van der Waals surface area contributed by atoms with Crippen LogP contribution in [-0.2, 0) is 4.74 Å². The van der Waals surface area contributed by atoms with Crippen molar-refractivity contribution in [3.05, 3.63) is 18.0 Å². The van der Waals surface area contributed by atoms with Gasteiger partial charge in [0.2, 0.25) is 0 Å². The van der Waals surface area contributed by atoms with E-state index in [1.54, 1.807) is 0 Å². The molecule has 5 rings (SSSR count). The van der Waals surface area contributed by atoms with E-state index in [0.717, 1.165) is 49.8 Å². The summed E-state index contributed by atoms with van der Waals surface area (Å²) in [4.78, 5) is 4.55. The first-order chi connectivity index (χ1) is 13.1. The molecule has 27 heavy (non-hydrogen) atoms. The Morgan fingerprint density at radius 1 is 1.26 bits per heavy atom. The molecule has 2 aromatic rings. The Hall–Kier alpha value is -1.77. The minimum absolute atomic E-state index is 0.431. The van der Waals surface area contributed by atoms with Gasteiger partial charge in [-0.05, 0) is 44.9 Å². The summed E-state index contributed by atoms with van der Waals surface area (Å²) in [5.74, 6) is 2.50. The molecule has 0 bridgehead atoms. The first-order valence-corrected chi connectivity index (χ1v) is 10.1. The van der Waals surface area contributed by atoms with Crippen molar-refractivity contribution < 1.29 is 9.84 Å². The van der Waals surface area contributed by atoms with Gasteiger partial charge < -0.3 is 14.7 Å². The molecule has 8 heteroatoms. The lowest BCUT2D eigenvalue weighted by Gasteiger charge is -2.47. The lowest BCUT2D eigenvalue weighted by molar-refractivity contribution is -0.102. The molecule has 0 aromatic carbocycles. The summed E-state index contributed by atoms with van der Waals surface area (Å²) < 4.78 is 7.40. The van der Waals surface area contributed by atoms with Crippen molar-refractivity contribution in [1.29, 1.82) is 0 Å². The third-order valence-corrected chi connectivity index (χ3v) is 6.40. The molecule has 1 N–H and O–H groups in total. The van der Waals surface area contributed by atoms with Crippen LogP contribution in [0.5, 0.6) is 0 Å². The average molecular weight is 372 g/mol. The normalized spacial score (nSPS) is 27.1. The molecular weight excluding hydrogens is 344 g/mol. The third-order valence-electron chi connectivity index (χ3n) is 6.40. The van der Waals surface area contributed by atoms with Gasteiger partial charge in [-0.15, -0.1) is 15.3 Å². The number of likely N-dealkylation sites (N-methyl/N-ethyl adjacent to an activating group) is 1. The number of anilines is 1. The predicted molar refractivity (Wildman–Crippen MR) is 101 cm³/mol. The monoisotopic (exact) mass is 372 g/mol. The van der Waals surface area contributed by atoms with Gasteiger partial charge in [-0.3, -0.25) is 4.90 Å². The first-order valence-electron chi connectivity index (χ1n) is 10.1. The second kappa shape index (κ2) is 6.68. The molecule has 1 atom stereocenters. The molecule has 3 fully saturated rings. The van der Waals surface area contributed by atoms with Gasteiger partial charge >= 0.3 is 0 Å². The number of hydrogen-bond acceptors (Lipinski definition) is 7. The van der Waals surface area contributed by atoms with Crippen molar-refractivity contribution in [2.75, 3.05) is 44.8 Å². The largest absolute Gasteiger partial charge is 0.386 e. The summed E-state index contributed by atoms with van der Waals surface area (Å²) in [5, 5.41) is 24.1. The Kier molecular flexibility index (Phi) is 4.29. The van der Waals surface area contributed by atoms with Crippen LogP contribution in [-0.4, -0.2) is 81.4 Å². The van der Waals surface area contributed by atoms with E-state index < -0.39 is 5.60 Å². The van der Waals surface area contributed by atoms with Crippen molar-refractivity contribution in [2.45, 2.75) is 49.7 Å². The van der Waals surface area contributed by atoms with Crippen molar-refractivity contribution >= 4 is 11.5 Å². The molecule has 0 radical (unpaired) electrons. The maximum Gasteiger partial charge on any atom is 0.178 e. The van der Waals surface area contributed by atoms with Gasteiger partial charge in [-0.2, -0.15) is 4.52 Å². The molecule has 4 heterocycles. The Labute approximate surface area is 159 Å². The highest BCUT2D eigenvalue weighted by Crippen LogP contribution is 2.35. The highest BCUT2D eigenvalue weighted by Gasteiger charge is 2.37. The van der Waals surface area contributed by atoms with Crippen LogP contribution in [0, 0.1) is 0 Å². The number of fused-ring (bicyclic) bond motifs is 1. The molecule has 1 aliphatic carbocycles. The average Bonchev–Trinajstić information content (AvgIpc) is 2.95. The maximum atomic E-state index is 10.7. The Morgan fingerprint density at radius 2 is 2.11 bits per heavy atom. The highest BCUT2D eigenvalue weighted by molar-refractivity contribution is 5.48. The van der Waals surface area contributed by atoms with Gasteiger partial charge in [-0.1, -0.05) is 6.42 Å². The molecule has 0 spiro atoms. The van der Waals surface area contributed by atoms with Gasteiger partial charge in [0.25, 0.3) is 0 Å². The number of aromatic nitrogens is 4. The van der Waals surface area contributed by atoms with Crippen molar-refractivity contribution in [1.82, 2.24) is 24.7 Å². The molecular formula is C19H28N6O2. The van der Waals surface area contributed by atoms with Crippen LogP contribution < -0.4 is 4.90 Å². The number of nitrogens with zero attached hydrogens (tertiary/aromatic N) is 6. The van der Waals surface area contributed by atoms with Crippen LogP contribution in [0.4, 0.5) is 5.82 Å². The van der Waals surface area contributed by atoms with E-state index in [1.807, 2.05) is 16.6 Å². The zero-order chi connectivity index (χ0) is 18.4. The molecule has 1 unspecified atom stereocenters. The summed E-state index contributed by atoms with van der Waals surface area (Å²) in [6.07, 6.45) is 5.42. The Balaban J connectivity index is 1.23. The molecule has 8 nitrogen and oxygen atoms in total. The Morgan fingerprint density at radius 3 is 2.81 bits per heavy atom. The number of rotatable bonds is 5. The lowest BCUT2D eigenvalue weighted by Crippen LogP contribution is -2.62.